The number of rotatable bonds is 9. The number of halogens is 1. The first-order valence-electron chi connectivity index (χ1n) is 9.75. The van der Waals surface area contributed by atoms with Crippen molar-refractivity contribution in [3.63, 3.8) is 0 Å². The van der Waals surface area contributed by atoms with Crippen LogP contribution in [0.2, 0.25) is 0 Å². The fraction of sp³-hybridized carbons (Fsp3) is 0.217. The number of thioether (sulfide) groups is 1. The second kappa shape index (κ2) is 10.5. The Morgan fingerprint density at radius 2 is 1.87 bits per heavy atom. The Morgan fingerprint density at radius 1 is 1.10 bits per heavy atom. The van der Waals surface area contributed by atoms with Gasteiger partial charge in [-0.05, 0) is 55.3 Å². The Balaban J connectivity index is 1.57. The molecule has 0 aliphatic rings. The second-order valence-electron chi connectivity index (χ2n) is 6.97. The van der Waals surface area contributed by atoms with Gasteiger partial charge in [0.1, 0.15) is 10.8 Å². The summed E-state index contributed by atoms with van der Waals surface area (Å²) in [4.78, 5) is 17.1. The van der Waals surface area contributed by atoms with Crippen LogP contribution >= 0.6 is 11.8 Å². The molecule has 0 spiro atoms. The number of carbonyl (C=O) groups is 1. The van der Waals surface area contributed by atoms with Crippen LogP contribution in [0.4, 0.5) is 4.39 Å². The van der Waals surface area contributed by atoms with Gasteiger partial charge in [-0.25, -0.2) is 17.8 Å². The number of aromatic nitrogens is 1. The highest BCUT2D eigenvalue weighted by Gasteiger charge is 2.17. The van der Waals surface area contributed by atoms with Crippen molar-refractivity contribution in [1.29, 1.82) is 0 Å². The lowest BCUT2D eigenvalue weighted by atomic mass is 10.1. The van der Waals surface area contributed by atoms with Crippen molar-refractivity contribution in [2.45, 2.75) is 23.3 Å². The lowest BCUT2D eigenvalue weighted by Gasteiger charge is -2.10. The first kappa shape index (κ1) is 23.0. The van der Waals surface area contributed by atoms with Gasteiger partial charge in [0.15, 0.2) is 9.84 Å². The molecule has 5 nitrogen and oxygen atoms in total. The van der Waals surface area contributed by atoms with E-state index in [-0.39, 0.29) is 28.1 Å². The van der Waals surface area contributed by atoms with Crippen molar-refractivity contribution in [2.24, 2.45) is 0 Å². The van der Waals surface area contributed by atoms with Crippen molar-refractivity contribution in [3.05, 3.63) is 89.4 Å². The fourth-order valence-corrected chi connectivity index (χ4v) is 5.54. The Morgan fingerprint density at radius 3 is 2.61 bits per heavy atom. The predicted molar refractivity (Wildman–Crippen MR) is 121 cm³/mol. The highest BCUT2D eigenvalue weighted by atomic mass is 32.2. The van der Waals surface area contributed by atoms with Crippen LogP contribution in [-0.4, -0.2) is 37.4 Å². The number of benzene rings is 2. The van der Waals surface area contributed by atoms with Crippen molar-refractivity contribution in [3.8, 4) is 0 Å². The molecule has 3 rings (SSSR count). The van der Waals surface area contributed by atoms with Crippen LogP contribution in [0.5, 0.6) is 0 Å². The summed E-state index contributed by atoms with van der Waals surface area (Å²) in [6.45, 7) is 2.25. The number of aryl methyl sites for hydroxylation is 1. The van der Waals surface area contributed by atoms with Gasteiger partial charge in [0.05, 0.1) is 16.2 Å². The Kier molecular flexibility index (Phi) is 7.81. The molecule has 1 aromatic heterocycles. The number of pyridine rings is 1. The molecule has 0 aliphatic heterocycles. The van der Waals surface area contributed by atoms with E-state index in [1.807, 2.05) is 6.92 Å². The third-order valence-corrected chi connectivity index (χ3v) is 7.57. The number of sulfone groups is 1. The van der Waals surface area contributed by atoms with Gasteiger partial charge in [0, 0.05) is 18.5 Å². The highest BCUT2D eigenvalue weighted by Crippen LogP contribution is 2.22. The molecule has 0 unspecified atom stereocenters. The molecule has 2 aromatic carbocycles. The van der Waals surface area contributed by atoms with Gasteiger partial charge in [-0.15, -0.1) is 11.8 Å². The van der Waals surface area contributed by atoms with Gasteiger partial charge >= 0.3 is 0 Å². The predicted octanol–water partition coefficient (Wildman–Crippen LogP) is 4.07. The van der Waals surface area contributed by atoms with Crippen LogP contribution in [-0.2, 0) is 16.3 Å². The molecule has 0 saturated carbocycles. The van der Waals surface area contributed by atoms with Gasteiger partial charge in [-0.2, -0.15) is 0 Å². The molecular weight excluding hydrogens is 435 g/mol. The first-order chi connectivity index (χ1) is 14.8. The van der Waals surface area contributed by atoms with Crippen molar-refractivity contribution < 1.29 is 17.6 Å². The maximum Gasteiger partial charge on any atom is 0.254 e. The zero-order valence-electron chi connectivity index (χ0n) is 17.0. The van der Waals surface area contributed by atoms with Gasteiger partial charge in [0.25, 0.3) is 5.91 Å². The molecule has 1 amide bonds. The van der Waals surface area contributed by atoms with Crippen molar-refractivity contribution in [2.75, 3.05) is 18.1 Å². The molecule has 8 heteroatoms. The first-order valence-corrected chi connectivity index (χ1v) is 12.4. The van der Waals surface area contributed by atoms with E-state index in [1.165, 1.54) is 23.9 Å². The van der Waals surface area contributed by atoms with Gasteiger partial charge in [-0.1, -0.05) is 29.8 Å². The standard InChI is InChI=1S/C23H23FN2O3S2/c1-17-7-9-20(10-8-17)31(28,29)15-14-30-23-21(6-3-12-26-23)22(27)25-13-11-18-4-2-5-19(24)16-18/h2-10,12,16H,11,13-15H2,1H3,(H,25,27). The van der Waals surface area contributed by atoms with Gasteiger partial charge in [0.2, 0.25) is 0 Å². The number of nitrogens with zero attached hydrogens (tertiary/aromatic N) is 1. The molecule has 0 saturated heterocycles. The topological polar surface area (TPSA) is 76.1 Å². The SMILES string of the molecule is Cc1ccc(S(=O)(=O)CCSc2ncccc2C(=O)NCCc2cccc(F)c2)cc1. The molecule has 0 atom stereocenters. The van der Waals surface area contributed by atoms with Gasteiger partial charge < -0.3 is 5.32 Å². The summed E-state index contributed by atoms with van der Waals surface area (Å²) in [7, 11) is -3.41. The van der Waals surface area contributed by atoms with Crippen molar-refractivity contribution in [1.82, 2.24) is 10.3 Å². The van der Waals surface area contributed by atoms with E-state index in [0.717, 1.165) is 11.1 Å². The van der Waals surface area contributed by atoms with E-state index >= 15 is 0 Å². The van der Waals surface area contributed by atoms with E-state index in [2.05, 4.69) is 10.3 Å². The number of amides is 1. The van der Waals surface area contributed by atoms with Crippen LogP contribution in [0.15, 0.2) is 76.8 Å². The van der Waals surface area contributed by atoms with Crippen LogP contribution < -0.4 is 5.32 Å². The zero-order chi connectivity index (χ0) is 22.3. The van der Waals surface area contributed by atoms with E-state index in [0.29, 0.717) is 23.6 Å². The smallest absolute Gasteiger partial charge is 0.254 e. The van der Waals surface area contributed by atoms with E-state index in [1.54, 1.807) is 54.7 Å². The molecule has 0 bridgehead atoms. The summed E-state index contributed by atoms with van der Waals surface area (Å²) >= 11 is 1.23. The van der Waals surface area contributed by atoms with E-state index < -0.39 is 9.84 Å². The normalized spacial score (nSPS) is 11.3. The molecule has 0 aliphatic carbocycles. The molecule has 0 radical (unpaired) electrons. The Hall–Kier alpha value is -2.71. The quantitative estimate of drug-likeness (QED) is 0.489. The second-order valence-corrected chi connectivity index (χ2v) is 10.2. The number of hydrogen-bond acceptors (Lipinski definition) is 5. The van der Waals surface area contributed by atoms with Crippen LogP contribution in [0.3, 0.4) is 0 Å². The zero-order valence-corrected chi connectivity index (χ0v) is 18.7. The average Bonchev–Trinajstić information content (AvgIpc) is 2.74. The van der Waals surface area contributed by atoms with Crippen LogP contribution in [0, 0.1) is 12.7 Å². The van der Waals surface area contributed by atoms with E-state index in [4.69, 9.17) is 0 Å². The summed E-state index contributed by atoms with van der Waals surface area (Å²) in [6, 6.07) is 16.3. The minimum Gasteiger partial charge on any atom is -0.352 e. The summed E-state index contributed by atoms with van der Waals surface area (Å²) in [5.41, 5.74) is 2.18. The molecule has 1 N–H and O–H groups in total. The molecule has 31 heavy (non-hydrogen) atoms. The number of nitrogens with one attached hydrogen (secondary N) is 1. The molecule has 1 heterocycles. The van der Waals surface area contributed by atoms with Crippen LogP contribution in [0.25, 0.3) is 0 Å². The summed E-state index contributed by atoms with van der Waals surface area (Å²) in [5.74, 6) is -0.391. The van der Waals surface area contributed by atoms with Crippen molar-refractivity contribution >= 4 is 27.5 Å². The Labute approximate surface area is 186 Å². The number of hydrogen-bond donors (Lipinski definition) is 1. The third kappa shape index (κ3) is 6.63. The third-order valence-electron chi connectivity index (χ3n) is 4.57. The van der Waals surface area contributed by atoms with E-state index in [9.17, 15) is 17.6 Å². The highest BCUT2D eigenvalue weighted by molar-refractivity contribution is 8.00. The molecule has 0 fully saturated rings. The number of carbonyl (C=O) groups excluding carboxylic acids is 1. The molecular formula is C23H23FN2O3S2. The lowest BCUT2D eigenvalue weighted by Crippen LogP contribution is -2.26. The summed E-state index contributed by atoms with van der Waals surface area (Å²) in [5, 5.41) is 3.29. The molecule has 162 valence electrons. The lowest BCUT2D eigenvalue weighted by molar-refractivity contribution is 0.0950. The average molecular weight is 459 g/mol. The monoisotopic (exact) mass is 458 g/mol. The summed E-state index contributed by atoms with van der Waals surface area (Å²) in [6.07, 6.45) is 2.07. The minimum atomic E-state index is -3.41. The Bertz CT molecular complexity index is 1150. The van der Waals surface area contributed by atoms with Crippen LogP contribution in [0.1, 0.15) is 21.5 Å². The maximum atomic E-state index is 13.3. The fourth-order valence-electron chi connectivity index (χ4n) is 2.90. The summed E-state index contributed by atoms with van der Waals surface area (Å²) < 4.78 is 38.3. The minimum absolute atomic E-state index is 0.0576. The largest absolute Gasteiger partial charge is 0.352 e. The molecule has 3 aromatic rings. The van der Waals surface area contributed by atoms with Gasteiger partial charge in [-0.3, -0.25) is 4.79 Å². The maximum absolute atomic E-state index is 13.3.